The molecular weight excluding hydrogens is 230 g/mol. The first-order chi connectivity index (χ1) is 8.79. The number of hydrogen-bond acceptors (Lipinski definition) is 3. The fourth-order valence-corrected chi connectivity index (χ4v) is 1.47. The van der Waals surface area contributed by atoms with Gasteiger partial charge in [-0.2, -0.15) is 5.10 Å². The van der Waals surface area contributed by atoms with Crippen molar-refractivity contribution in [2.45, 2.75) is 0 Å². The Labute approximate surface area is 104 Å². The lowest BCUT2D eigenvalue weighted by Crippen LogP contribution is -2.06. The number of anilines is 1. The highest BCUT2D eigenvalue weighted by Crippen LogP contribution is 2.18. The van der Waals surface area contributed by atoms with Gasteiger partial charge in [-0.05, 0) is 12.1 Å². The first kappa shape index (κ1) is 11.9. The Morgan fingerprint density at radius 3 is 3.00 bits per heavy atom. The summed E-state index contributed by atoms with van der Waals surface area (Å²) in [5, 5.41) is 9.02. The summed E-state index contributed by atoms with van der Waals surface area (Å²) >= 11 is 0. The molecule has 1 aromatic carbocycles. The Hall–Kier alpha value is -2.56. The number of rotatable bonds is 4. The molecule has 1 amide bonds. The van der Waals surface area contributed by atoms with E-state index in [1.165, 1.54) is 12.3 Å². The van der Waals surface area contributed by atoms with Crippen LogP contribution in [0.2, 0.25) is 0 Å². The smallest absolute Gasteiger partial charge is 0.248 e. The highest BCUT2D eigenvalue weighted by atomic mass is 16.5. The molecule has 1 heterocycles. The zero-order valence-electron chi connectivity index (χ0n) is 9.88. The van der Waals surface area contributed by atoms with E-state index < -0.39 is 0 Å². The third kappa shape index (κ3) is 2.98. The molecule has 0 spiro atoms. The summed E-state index contributed by atoms with van der Waals surface area (Å²) in [5.41, 5.74) is 1.48. The van der Waals surface area contributed by atoms with E-state index in [2.05, 4.69) is 15.5 Å². The predicted molar refractivity (Wildman–Crippen MR) is 69.2 cm³/mol. The number of para-hydroxylation sites is 1. The summed E-state index contributed by atoms with van der Waals surface area (Å²) in [6.07, 6.45) is 6.29. The fourth-order valence-electron chi connectivity index (χ4n) is 1.47. The molecule has 0 radical (unpaired) electrons. The molecule has 18 heavy (non-hydrogen) atoms. The van der Waals surface area contributed by atoms with E-state index in [1.54, 1.807) is 19.4 Å². The van der Waals surface area contributed by atoms with Crippen LogP contribution in [0, 0.1) is 0 Å². The van der Waals surface area contributed by atoms with Crippen LogP contribution in [-0.2, 0) is 4.79 Å². The summed E-state index contributed by atoms with van der Waals surface area (Å²) in [5.74, 6) is 0.507. The van der Waals surface area contributed by atoms with Crippen molar-refractivity contribution in [2.75, 3.05) is 12.4 Å². The van der Waals surface area contributed by atoms with Crippen molar-refractivity contribution in [1.29, 1.82) is 0 Å². The number of nitrogens with zero attached hydrogens (tertiary/aromatic N) is 1. The summed E-state index contributed by atoms with van der Waals surface area (Å²) < 4.78 is 5.19. The van der Waals surface area contributed by atoms with E-state index in [9.17, 15) is 4.79 Å². The van der Waals surface area contributed by atoms with E-state index in [1.807, 2.05) is 24.3 Å². The van der Waals surface area contributed by atoms with Crippen LogP contribution in [0.4, 0.5) is 5.69 Å². The summed E-state index contributed by atoms with van der Waals surface area (Å²) in [4.78, 5) is 11.6. The Morgan fingerprint density at radius 1 is 1.44 bits per heavy atom. The fraction of sp³-hybridized carbons (Fsp3) is 0.0769. The number of hydrogen-bond donors (Lipinski definition) is 2. The van der Waals surface area contributed by atoms with Crippen LogP contribution in [0.15, 0.2) is 42.7 Å². The van der Waals surface area contributed by atoms with Gasteiger partial charge in [0.15, 0.2) is 0 Å². The zero-order valence-corrected chi connectivity index (χ0v) is 9.88. The van der Waals surface area contributed by atoms with Crippen LogP contribution < -0.4 is 10.1 Å². The number of benzene rings is 1. The third-order valence-corrected chi connectivity index (χ3v) is 2.32. The minimum atomic E-state index is -0.220. The lowest BCUT2D eigenvalue weighted by Gasteiger charge is -2.03. The summed E-state index contributed by atoms with van der Waals surface area (Å²) in [6.45, 7) is 0. The maximum absolute atomic E-state index is 11.6. The first-order valence-electron chi connectivity index (χ1n) is 5.40. The number of aromatic amines is 1. The summed E-state index contributed by atoms with van der Waals surface area (Å²) in [6, 6.07) is 7.48. The van der Waals surface area contributed by atoms with E-state index in [0.717, 1.165) is 11.3 Å². The molecule has 0 fully saturated rings. The van der Waals surface area contributed by atoms with Crippen molar-refractivity contribution in [3.8, 4) is 5.75 Å². The highest BCUT2D eigenvalue weighted by molar-refractivity contribution is 6.01. The van der Waals surface area contributed by atoms with Gasteiger partial charge in [-0.3, -0.25) is 9.89 Å². The predicted octanol–water partition coefficient (Wildman–Crippen LogP) is 2.07. The molecule has 0 aliphatic heterocycles. The monoisotopic (exact) mass is 243 g/mol. The van der Waals surface area contributed by atoms with Crippen molar-refractivity contribution in [1.82, 2.24) is 10.2 Å². The molecule has 0 unspecified atom stereocenters. The molecule has 1 aromatic heterocycles. The second kappa shape index (κ2) is 5.67. The van der Waals surface area contributed by atoms with Crippen LogP contribution in [0.5, 0.6) is 5.75 Å². The molecule has 5 heteroatoms. The number of amides is 1. The van der Waals surface area contributed by atoms with Crippen molar-refractivity contribution in [2.24, 2.45) is 0 Å². The molecule has 2 rings (SSSR count). The van der Waals surface area contributed by atoms with Crippen molar-refractivity contribution in [3.05, 3.63) is 48.3 Å². The van der Waals surface area contributed by atoms with Crippen molar-refractivity contribution < 1.29 is 9.53 Å². The van der Waals surface area contributed by atoms with E-state index in [-0.39, 0.29) is 5.91 Å². The lowest BCUT2D eigenvalue weighted by atomic mass is 10.2. The molecule has 0 aliphatic carbocycles. The van der Waals surface area contributed by atoms with Crippen LogP contribution in [0.3, 0.4) is 0 Å². The molecule has 92 valence electrons. The average molecular weight is 243 g/mol. The molecule has 0 aliphatic rings. The minimum absolute atomic E-state index is 0.220. The maximum atomic E-state index is 11.6. The Morgan fingerprint density at radius 2 is 2.28 bits per heavy atom. The number of aromatic nitrogens is 2. The molecule has 5 nitrogen and oxygen atoms in total. The quantitative estimate of drug-likeness (QED) is 0.808. The summed E-state index contributed by atoms with van der Waals surface area (Å²) in [7, 11) is 1.60. The second-order valence-electron chi connectivity index (χ2n) is 3.55. The maximum Gasteiger partial charge on any atom is 0.248 e. The Bertz CT molecular complexity index is 547. The van der Waals surface area contributed by atoms with E-state index in [0.29, 0.717) is 5.69 Å². The van der Waals surface area contributed by atoms with E-state index in [4.69, 9.17) is 4.74 Å². The van der Waals surface area contributed by atoms with Crippen molar-refractivity contribution >= 4 is 17.7 Å². The molecule has 2 aromatic rings. The van der Waals surface area contributed by atoms with Crippen LogP contribution in [-0.4, -0.2) is 23.2 Å². The van der Waals surface area contributed by atoms with Crippen LogP contribution >= 0.6 is 0 Å². The van der Waals surface area contributed by atoms with Gasteiger partial charge in [-0.15, -0.1) is 0 Å². The van der Waals surface area contributed by atoms with E-state index >= 15 is 0 Å². The Balaban J connectivity index is 2.04. The standard InChI is InChI=1S/C13H13N3O2/c1-18-12-5-3-2-4-10(12)6-7-13(17)16-11-8-14-15-9-11/h2-9H,1H3,(H,14,15)(H,16,17)/b7-6+. The molecule has 0 saturated carbocycles. The number of carbonyl (C=O) groups is 1. The SMILES string of the molecule is COc1ccccc1/C=C/C(=O)Nc1cn[nH]c1. The second-order valence-corrected chi connectivity index (χ2v) is 3.55. The largest absolute Gasteiger partial charge is 0.496 e. The number of carbonyl (C=O) groups excluding carboxylic acids is 1. The molecule has 2 N–H and O–H groups in total. The van der Waals surface area contributed by atoms with Gasteiger partial charge in [0.1, 0.15) is 5.75 Å². The third-order valence-electron chi connectivity index (χ3n) is 2.32. The van der Waals surface area contributed by atoms with Gasteiger partial charge in [-0.1, -0.05) is 18.2 Å². The van der Waals surface area contributed by atoms with Gasteiger partial charge in [0, 0.05) is 17.8 Å². The normalized spacial score (nSPS) is 10.5. The number of H-pyrrole nitrogens is 1. The molecule has 0 bridgehead atoms. The molecule has 0 saturated heterocycles. The Kier molecular flexibility index (Phi) is 3.76. The van der Waals surface area contributed by atoms with Gasteiger partial charge in [0.05, 0.1) is 19.0 Å². The van der Waals surface area contributed by atoms with Crippen LogP contribution in [0.1, 0.15) is 5.56 Å². The lowest BCUT2D eigenvalue weighted by molar-refractivity contribution is -0.111. The highest BCUT2D eigenvalue weighted by Gasteiger charge is 2.00. The van der Waals surface area contributed by atoms with Gasteiger partial charge in [0.2, 0.25) is 5.91 Å². The van der Waals surface area contributed by atoms with Gasteiger partial charge in [-0.25, -0.2) is 0 Å². The number of methoxy groups -OCH3 is 1. The van der Waals surface area contributed by atoms with Crippen LogP contribution in [0.25, 0.3) is 6.08 Å². The number of ether oxygens (including phenoxy) is 1. The topological polar surface area (TPSA) is 67.0 Å². The zero-order chi connectivity index (χ0) is 12.8. The van der Waals surface area contributed by atoms with Gasteiger partial charge in [0.25, 0.3) is 0 Å². The number of nitrogens with one attached hydrogen (secondary N) is 2. The minimum Gasteiger partial charge on any atom is -0.496 e. The molecule has 0 atom stereocenters. The molecular formula is C13H13N3O2. The average Bonchev–Trinajstić information content (AvgIpc) is 2.89. The van der Waals surface area contributed by atoms with Gasteiger partial charge >= 0.3 is 0 Å². The van der Waals surface area contributed by atoms with Gasteiger partial charge < -0.3 is 10.1 Å². The first-order valence-corrected chi connectivity index (χ1v) is 5.40. The van der Waals surface area contributed by atoms with Crippen molar-refractivity contribution in [3.63, 3.8) is 0 Å².